The number of nitrogens with zero attached hydrogens (tertiary/aromatic N) is 1. The highest BCUT2D eigenvalue weighted by atomic mass is 79.9. The van der Waals surface area contributed by atoms with E-state index in [0.29, 0.717) is 5.75 Å². The first-order valence-electron chi connectivity index (χ1n) is 3.85. The molecule has 0 fully saturated rings. The Kier molecular flexibility index (Phi) is 7.80. The lowest BCUT2D eigenvalue weighted by Gasteiger charge is -2.23. The molecule has 0 N–H and O–H groups in total. The molecule has 0 unspecified atom stereocenters. The monoisotopic (exact) mass is 292 g/mol. The maximum atomic E-state index is 10.7. The molecule has 82 valence electrons. The van der Waals surface area contributed by atoms with Crippen molar-refractivity contribution < 1.29 is 12.9 Å². The molecule has 6 heteroatoms. The van der Waals surface area contributed by atoms with Crippen molar-refractivity contribution in [1.82, 2.24) is 0 Å². The molecule has 0 spiro atoms. The molecule has 0 radical (unpaired) electrons. The highest BCUT2D eigenvalue weighted by molar-refractivity contribution is 8.93. The molecule has 0 atom stereocenters. The molecule has 0 aliphatic heterocycles. The molecule has 0 aliphatic rings. The van der Waals surface area contributed by atoms with Crippen molar-refractivity contribution in [2.24, 2.45) is 0 Å². The second kappa shape index (κ2) is 6.27. The zero-order valence-electron chi connectivity index (χ0n) is 8.61. The summed E-state index contributed by atoms with van der Waals surface area (Å²) in [5, 5.41) is 0. The topological polar surface area (TPSA) is 34.1 Å². The van der Waals surface area contributed by atoms with Gasteiger partial charge in [0.15, 0.2) is 8.87 Å². The highest BCUT2D eigenvalue weighted by Crippen LogP contribution is 2.11. The van der Waals surface area contributed by atoms with Gasteiger partial charge in [-0.15, -0.1) is 17.0 Å². The molecule has 0 saturated carbocycles. The van der Waals surface area contributed by atoms with Crippen LogP contribution in [0.15, 0.2) is 0 Å². The molecule has 0 aromatic heterocycles. The normalized spacial score (nSPS) is 12.3. The first-order valence-corrected chi connectivity index (χ1v) is 7.25. The Labute approximate surface area is 95.6 Å². The van der Waals surface area contributed by atoms with Crippen LogP contribution in [0.2, 0.25) is 0 Å². The van der Waals surface area contributed by atoms with E-state index in [1.54, 1.807) is 0 Å². The minimum Gasteiger partial charge on any atom is -0.331 e. The van der Waals surface area contributed by atoms with Crippen LogP contribution in [0.1, 0.15) is 6.42 Å². The quantitative estimate of drug-likeness (QED) is 0.436. The van der Waals surface area contributed by atoms with Crippen LogP contribution in [-0.2, 0) is 8.87 Å². The summed E-state index contributed by atoms with van der Waals surface area (Å²) in [6.45, 7) is 1.02. The Bertz CT molecular complexity index is 221. The number of hydrogen-bond donors (Lipinski definition) is 0. The van der Waals surface area contributed by atoms with E-state index in [1.165, 1.54) is 6.26 Å². The molecule has 0 amide bonds. The summed E-state index contributed by atoms with van der Waals surface area (Å²) in [6.07, 6.45) is 2.20. The van der Waals surface area contributed by atoms with Crippen molar-refractivity contribution in [2.75, 3.05) is 39.7 Å². The first kappa shape index (κ1) is 16.2. The zero-order valence-corrected chi connectivity index (χ0v) is 12.0. The summed E-state index contributed by atoms with van der Waals surface area (Å²) in [6, 6.07) is 0. The Hall–Kier alpha value is 0.740. The molecule has 0 rings (SSSR count). The molecule has 0 aromatic carbocycles. The standard InChI is InChI=1S/C7H18NO2S2.BrH/c1-8(2,3)6-5-7-11-12(4,9)10;/h5-7H2,1-4H3;1H/q+1;. The first-order chi connectivity index (χ1) is 5.21. The van der Waals surface area contributed by atoms with E-state index in [-0.39, 0.29) is 17.0 Å². The van der Waals surface area contributed by atoms with Crippen molar-refractivity contribution >= 4 is 36.6 Å². The smallest absolute Gasteiger partial charge is 0.198 e. The van der Waals surface area contributed by atoms with Crippen LogP contribution in [-0.4, -0.2) is 52.6 Å². The van der Waals surface area contributed by atoms with E-state index in [4.69, 9.17) is 0 Å². The third-order valence-corrected chi connectivity index (χ3v) is 3.94. The van der Waals surface area contributed by atoms with Crippen LogP contribution in [0.3, 0.4) is 0 Å². The van der Waals surface area contributed by atoms with Crippen LogP contribution in [0, 0.1) is 0 Å². The highest BCUT2D eigenvalue weighted by Gasteiger charge is 2.08. The van der Waals surface area contributed by atoms with E-state index in [0.717, 1.165) is 28.2 Å². The summed E-state index contributed by atoms with van der Waals surface area (Å²) in [5.74, 6) is 0.703. The van der Waals surface area contributed by atoms with Gasteiger partial charge in [-0.25, -0.2) is 8.42 Å². The van der Waals surface area contributed by atoms with Gasteiger partial charge in [-0.3, -0.25) is 0 Å². The molecule has 3 nitrogen and oxygen atoms in total. The van der Waals surface area contributed by atoms with Crippen molar-refractivity contribution in [1.29, 1.82) is 0 Å². The Morgan fingerprint density at radius 3 is 2.00 bits per heavy atom. The predicted molar refractivity (Wildman–Crippen MR) is 65.1 cm³/mol. The van der Waals surface area contributed by atoms with Gasteiger partial charge in [0.25, 0.3) is 0 Å². The van der Waals surface area contributed by atoms with Crippen molar-refractivity contribution in [2.45, 2.75) is 6.42 Å². The second-order valence-corrected chi connectivity index (χ2v) is 8.47. The molecule has 0 aliphatic carbocycles. The number of rotatable bonds is 5. The van der Waals surface area contributed by atoms with Gasteiger partial charge in [0.1, 0.15) is 0 Å². The van der Waals surface area contributed by atoms with Gasteiger partial charge < -0.3 is 4.48 Å². The van der Waals surface area contributed by atoms with E-state index < -0.39 is 8.87 Å². The maximum absolute atomic E-state index is 10.7. The Morgan fingerprint density at radius 2 is 1.69 bits per heavy atom. The van der Waals surface area contributed by atoms with Crippen LogP contribution < -0.4 is 0 Å². The third-order valence-electron chi connectivity index (χ3n) is 1.27. The van der Waals surface area contributed by atoms with E-state index in [1.807, 2.05) is 0 Å². The van der Waals surface area contributed by atoms with Gasteiger partial charge in [0, 0.05) is 18.4 Å². The number of hydrogen-bond acceptors (Lipinski definition) is 3. The van der Waals surface area contributed by atoms with Crippen LogP contribution >= 0.6 is 27.8 Å². The summed E-state index contributed by atoms with van der Waals surface area (Å²) in [4.78, 5) is 0. The lowest BCUT2D eigenvalue weighted by molar-refractivity contribution is -0.870. The summed E-state index contributed by atoms with van der Waals surface area (Å²) in [5.41, 5.74) is 0. The Morgan fingerprint density at radius 1 is 1.23 bits per heavy atom. The lowest BCUT2D eigenvalue weighted by atomic mass is 10.4. The summed E-state index contributed by atoms with van der Waals surface area (Å²) < 4.78 is 22.3. The van der Waals surface area contributed by atoms with E-state index in [2.05, 4.69) is 21.1 Å². The summed E-state index contributed by atoms with van der Waals surface area (Å²) in [7, 11) is 4.51. The largest absolute Gasteiger partial charge is 0.331 e. The number of halogens is 1. The predicted octanol–water partition coefficient (Wildman–Crippen LogP) is 1.35. The molecule has 13 heavy (non-hydrogen) atoms. The average molecular weight is 293 g/mol. The Balaban J connectivity index is 0. The SMILES string of the molecule is Br.C[N+](C)(C)CCCSS(C)(=O)=O. The minimum absolute atomic E-state index is 0. The fourth-order valence-electron chi connectivity index (χ4n) is 0.749. The van der Waals surface area contributed by atoms with Gasteiger partial charge >= 0.3 is 0 Å². The van der Waals surface area contributed by atoms with E-state index >= 15 is 0 Å². The fourth-order valence-corrected chi connectivity index (χ4v) is 2.56. The minimum atomic E-state index is -2.83. The van der Waals surface area contributed by atoms with Gasteiger partial charge in [-0.1, -0.05) is 0 Å². The van der Waals surface area contributed by atoms with Gasteiger partial charge in [0.2, 0.25) is 0 Å². The van der Waals surface area contributed by atoms with Crippen molar-refractivity contribution in [3.05, 3.63) is 0 Å². The zero-order chi connectivity index (χ0) is 9.83. The van der Waals surface area contributed by atoms with Crippen LogP contribution in [0.5, 0.6) is 0 Å². The maximum Gasteiger partial charge on any atom is 0.198 e. The van der Waals surface area contributed by atoms with E-state index in [9.17, 15) is 8.42 Å². The molecule has 0 heterocycles. The van der Waals surface area contributed by atoms with Crippen molar-refractivity contribution in [3.8, 4) is 0 Å². The lowest BCUT2D eigenvalue weighted by Crippen LogP contribution is -2.35. The fraction of sp³-hybridized carbons (Fsp3) is 1.00. The van der Waals surface area contributed by atoms with Gasteiger partial charge in [-0.2, -0.15) is 0 Å². The molecule has 0 aromatic rings. The van der Waals surface area contributed by atoms with Gasteiger partial charge in [-0.05, 0) is 10.8 Å². The molecular weight excluding hydrogens is 274 g/mol. The molecule has 0 saturated heterocycles. The van der Waals surface area contributed by atoms with Crippen molar-refractivity contribution in [3.63, 3.8) is 0 Å². The second-order valence-electron chi connectivity index (χ2n) is 3.89. The van der Waals surface area contributed by atoms with Gasteiger partial charge in [0.05, 0.1) is 27.7 Å². The number of quaternary nitrogens is 1. The molecular formula is C7H19BrNO2S2+. The third kappa shape index (κ3) is 15.5. The average Bonchev–Trinajstić information content (AvgIpc) is 1.76. The van der Waals surface area contributed by atoms with Crippen LogP contribution in [0.25, 0.3) is 0 Å². The molecule has 0 bridgehead atoms. The summed E-state index contributed by atoms with van der Waals surface area (Å²) >= 11 is 0. The van der Waals surface area contributed by atoms with Crippen LogP contribution in [0.4, 0.5) is 0 Å².